The lowest BCUT2D eigenvalue weighted by Gasteiger charge is -1.95. The molecule has 66 valence electrons. The van der Waals surface area contributed by atoms with Gasteiger partial charge in [-0.25, -0.2) is 0 Å². The van der Waals surface area contributed by atoms with Crippen LogP contribution in [0, 0.1) is 10.1 Å². The summed E-state index contributed by atoms with van der Waals surface area (Å²) in [6, 6.07) is 3.53. The van der Waals surface area contributed by atoms with E-state index >= 15 is 0 Å². The molecular formula is C6H9N3O3. The molecule has 0 amide bonds. The minimum atomic E-state index is -0.598. The summed E-state index contributed by atoms with van der Waals surface area (Å²) in [7, 11) is 0. The molecule has 12 heavy (non-hydrogen) atoms. The monoisotopic (exact) mass is 171 g/mol. The largest absolute Gasteiger partial charge is 0.506 e. The molecule has 0 aliphatic heterocycles. The quantitative estimate of drug-likeness (QED) is 0.252. The Kier molecular flexibility index (Phi) is 3.00. The molecule has 0 spiro atoms. The van der Waals surface area contributed by atoms with Gasteiger partial charge in [-0.15, -0.1) is 0 Å². The van der Waals surface area contributed by atoms with Crippen LogP contribution >= 0.6 is 0 Å². The molecule has 0 atom stereocenters. The third-order valence-corrected chi connectivity index (χ3v) is 1.22. The molecule has 0 radical (unpaired) electrons. The summed E-state index contributed by atoms with van der Waals surface area (Å²) < 4.78 is 0. The van der Waals surface area contributed by atoms with Gasteiger partial charge in [0.25, 0.3) is 5.69 Å². The number of nitro groups is 1. The third-order valence-electron chi connectivity index (χ3n) is 1.22. The van der Waals surface area contributed by atoms with E-state index in [0.717, 1.165) is 6.07 Å². The van der Waals surface area contributed by atoms with E-state index in [-0.39, 0.29) is 23.3 Å². The number of non-ortho nitro benzene ring substituents is 1. The second-order valence-electron chi connectivity index (χ2n) is 2.00. The summed E-state index contributed by atoms with van der Waals surface area (Å²) in [6.07, 6.45) is 0. The van der Waals surface area contributed by atoms with E-state index in [1.54, 1.807) is 0 Å². The Labute approximate surface area is 68.4 Å². The number of hydrogen-bond donors (Lipinski definition) is 3. The number of nitrogens with zero attached hydrogens (tertiary/aromatic N) is 1. The molecule has 1 aromatic rings. The Morgan fingerprint density at radius 1 is 1.50 bits per heavy atom. The molecule has 0 unspecified atom stereocenters. The minimum Gasteiger partial charge on any atom is -0.506 e. The maximum Gasteiger partial charge on any atom is 0.273 e. The normalized spacial score (nSPS) is 8.67. The second-order valence-corrected chi connectivity index (χ2v) is 2.00. The van der Waals surface area contributed by atoms with Crippen molar-refractivity contribution in [3.8, 4) is 5.75 Å². The molecule has 0 aliphatic carbocycles. The number of aromatic hydroxyl groups is 1. The smallest absolute Gasteiger partial charge is 0.273 e. The van der Waals surface area contributed by atoms with Crippen LogP contribution < -0.4 is 11.9 Å². The molecular weight excluding hydrogens is 162 g/mol. The zero-order valence-corrected chi connectivity index (χ0v) is 6.23. The van der Waals surface area contributed by atoms with Crippen molar-refractivity contribution in [3.63, 3.8) is 0 Å². The molecule has 0 saturated carbocycles. The SMILES string of the molecule is N.Nc1ccc([N+](=O)[O-])cc1O. The molecule has 0 fully saturated rings. The van der Waals surface area contributed by atoms with Gasteiger partial charge < -0.3 is 17.0 Å². The van der Waals surface area contributed by atoms with E-state index in [9.17, 15) is 10.1 Å². The average Bonchev–Trinajstić information content (AvgIpc) is 1.94. The maximum atomic E-state index is 10.1. The summed E-state index contributed by atoms with van der Waals surface area (Å²) >= 11 is 0. The van der Waals surface area contributed by atoms with Crippen LogP contribution in [-0.4, -0.2) is 10.0 Å². The highest BCUT2D eigenvalue weighted by molar-refractivity contribution is 5.56. The number of nitrogens with two attached hydrogens (primary N) is 1. The standard InChI is InChI=1S/C6H6N2O3.H3N/c7-5-2-1-4(8(10)11)3-6(5)9;/h1-3,9H,7H2;1H3. The third kappa shape index (κ3) is 1.83. The molecule has 6 N–H and O–H groups in total. The number of rotatable bonds is 1. The average molecular weight is 171 g/mol. The van der Waals surface area contributed by atoms with Crippen LogP contribution in [0.25, 0.3) is 0 Å². The van der Waals surface area contributed by atoms with Crippen LogP contribution in [0.1, 0.15) is 0 Å². The first-order valence-electron chi connectivity index (χ1n) is 2.84. The first kappa shape index (κ1) is 10.2. The van der Waals surface area contributed by atoms with Crippen LogP contribution in [0.4, 0.5) is 11.4 Å². The van der Waals surface area contributed by atoms with Gasteiger partial charge >= 0.3 is 0 Å². The fraction of sp³-hybridized carbons (Fsp3) is 0. The number of phenolic OH excluding ortho intramolecular Hbond substituents is 1. The number of phenols is 1. The molecule has 1 rings (SSSR count). The predicted molar refractivity (Wildman–Crippen MR) is 44.2 cm³/mol. The lowest BCUT2D eigenvalue weighted by Crippen LogP contribution is -1.89. The zero-order chi connectivity index (χ0) is 8.43. The molecule has 0 aromatic heterocycles. The van der Waals surface area contributed by atoms with Gasteiger partial charge in [0, 0.05) is 6.07 Å². The molecule has 1 aromatic carbocycles. The molecule has 6 nitrogen and oxygen atoms in total. The van der Waals surface area contributed by atoms with E-state index in [0.29, 0.717) is 0 Å². The van der Waals surface area contributed by atoms with E-state index in [2.05, 4.69) is 0 Å². The van der Waals surface area contributed by atoms with Crippen molar-refractivity contribution in [3.05, 3.63) is 28.3 Å². The highest BCUT2D eigenvalue weighted by atomic mass is 16.6. The van der Waals surface area contributed by atoms with Crippen molar-refractivity contribution < 1.29 is 10.0 Å². The van der Waals surface area contributed by atoms with Crippen LogP contribution in [0.15, 0.2) is 18.2 Å². The number of anilines is 1. The molecule has 0 bridgehead atoms. The van der Waals surface area contributed by atoms with Gasteiger partial charge in [0.05, 0.1) is 16.7 Å². The van der Waals surface area contributed by atoms with Crippen LogP contribution in [0.2, 0.25) is 0 Å². The van der Waals surface area contributed by atoms with Gasteiger partial charge in [-0.05, 0) is 6.07 Å². The number of hydrogen-bond acceptors (Lipinski definition) is 5. The Morgan fingerprint density at radius 3 is 2.50 bits per heavy atom. The number of nitrogen functional groups attached to an aromatic ring is 1. The Bertz CT molecular complexity index is 300. The molecule has 0 saturated heterocycles. The second kappa shape index (κ2) is 3.54. The van der Waals surface area contributed by atoms with Gasteiger partial charge in [0.2, 0.25) is 0 Å². The van der Waals surface area contributed by atoms with Crippen molar-refractivity contribution in [1.82, 2.24) is 6.15 Å². The first-order valence-corrected chi connectivity index (χ1v) is 2.84. The summed E-state index contributed by atoms with van der Waals surface area (Å²) in [5, 5.41) is 19.0. The van der Waals surface area contributed by atoms with Gasteiger partial charge in [0.15, 0.2) is 0 Å². The Balaban J connectivity index is 0.00000121. The van der Waals surface area contributed by atoms with E-state index in [4.69, 9.17) is 10.8 Å². The first-order chi connectivity index (χ1) is 5.11. The Hall–Kier alpha value is -1.82. The summed E-state index contributed by atoms with van der Waals surface area (Å²) in [5.41, 5.74) is 5.18. The number of benzene rings is 1. The topological polar surface area (TPSA) is 124 Å². The molecule has 0 heterocycles. The minimum absolute atomic E-state index is 0. The van der Waals surface area contributed by atoms with E-state index < -0.39 is 4.92 Å². The summed E-state index contributed by atoms with van der Waals surface area (Å²) in [4.78, 5) is 9.52. The fourth-order valence-electron chi connectivity index (χ4n) is 0.646. The molecule has 6 heteroatoms. The van der Waals surface area contributed by atoms with E-state index in [1.807, 2.05) is 0 Å². The van der Waals surface area contributed by atoms with Gasteiger partial charge in [0.1, 0.15) is 5.75 Å². The number of nitro benzene ring substituents is 1. The van der Waals surface area contributed by atoms with Gasteiger partial charge in [-0.2, -0.15) is 0 Å². The van der Waals surface area contributed by atoms with Crippen LogP contribution in [0.3, 0.4) is 0 Å². The lowest BCUT2D eigenvalue weighted by atomic mass is 10.3. The lowest BCUT2D eigenvalue weighted by molar-refractivity contribution is -0.384. The summed E-state index contributed by atoms with van der Waals surface area (Å²) in [6.45, 7) is 0. The van der Waals surface area contributed by atoms with Crippen molar-refractivity contribution >= 4 is 11.4 Å². The van der Waals surface area contributed by atoms with Crippen molar-refractivity contribution in [2.75, 3.05) is 5.73 Å². The highest BCUT2D eigenvalue weighted by Crippen LogP contribution is 2.24. The predicted octanol–water partition coefficient (Wildman–Crippen LogP) is 1.04. The maximum absolute atomic E-state index is 10.1. The van der Waals surface area contributed by atoms with Gasteiger partial charge in [-0.3, -0.25) is 10.1 Å². The summed E-state index contributed by atoms with van der Waals surface area (Å²) in [5.74, 6) is -0.265. The van der Waals surface area contributed by atoms with Crippen molar-refractivity contribution in [1.29, 1.82) is 0 Å². The fourth-order valence-corrected chi connectivity index (χ4v) is 0.646. The van der Waals surface area contributed by atoms with Crippen molar-refractivity contribution in [2.24, 2.45) is 0 Å². The molecule has 0 aliphatic rings. The van der Waals surface area contributed by atoms with Crippen LogP contribution in [0.5, 0.6) is 5.75 Å². The zero-order valence-electron chi connectivity index (χ0n) is 6.23. The van der Waals surface area contributed by atoms with Crippen LogP contribution in [-0.2, 0) is 0 Å². The van der Waals surface area contributed by atoms with E-state index in [1.165, 1.54) is 12.1 Å². The Morgan fingerprint density at radius 2 is 2.08 bits per heavy atom. The van der Waals surface area contributed by atoms with Gasteiger partial charge in [-0.1, -0.05) is 0 Å². The highest BCUT2D eigenvalue weighted by Gasteiger charge is 2.06. The van der Waals surface area contributed by atoms with Crippen molar-refractivity contribution in [2.45, 2.75) is 0 Å².